The summed E-state index contributed by atoms with van der Waals surface area (Å²) in [6.07, 6.45) is 1.62. The summed E-state index contributed by atoms with van der Waals surface area (Å²) in [7, 11) is 7.31. The molecule has 4 N–H and O–H groups in total. The zero-order valence-corrected chi connectivity index (χ0v) is 30.8. The number of hydrogen-bond acceptors (Lipinski definition) is 13. The van der Waals surface area contributed by atoms with Gasteiger partial charge in [0.25, 0.3) is 5.91 Å². The monoisotopic (exact) mass is 755 g/mol. The summed E-state index contributed by atoms with van der Waals surface area (Å²) in [6.45, 7) is -0.744. The Bertz CT molecular complexity index is 2130. The molecule has 4 aromatic rings. The first kappa shape index (κ1) is 37.2. The number of amides is 1. The molecule has 14 nitrogen and oxygen atoms in total. The first-order valence-electron chi connectivity index (χ1n) is 17.4. The molecule has 2 heterocycles. The summed E-state index contributed by atoms with van der Waals surface area (Å²) >= 11 is 0. The number of carbonyl (C=O) groups excluding carboxylic acids is 2. The van der Waals surface area contributed by atoms with Crippen LogP contribution in [0.25, 0.3) is 11.6 Å². The second-order valence-electron chi connectivity index (χ2n) is 13.2. The van der Waals surface area contributed by atoms with Crippen molar-refractivity contribution < 1.29 is 62.8 Å². The fraction of sp³-hybridized carbons (Fsp3) is 0.317. The molecule has 0 spiro atoms. The standard InChI is InChI=1S/C41H41NO13/c1-48-30-9-20(6-7-29(30)45)8-25(21-10-23(16-43)38(51-4)33(12-21)49-2)40(46)42-37-27-15-32-31(54-19-55-32)14-26(27)35(36-28(37)18-53-41(36)47)22-11-24(17-44)39(52-5)34(13-22)50-3/h6-15,28,35-37,43-45H,16-19H2,1-5H3,(H,42,46)/b25-8+/t28-,35+,36-,37+/m0/s1. The maximum absolute atomic E-state index is 14.9. The second kappa shape index (κ2) is 15.3. The van der Waals surface area contributed by atoms with E-state index in [0.29, 0.717) is 67.7 Å². The van der Waals surface area contributed by atoms with Crippen LogP contribution in [0.3, 0.4) is 0 Å². The van der Waals surface area contributed by atoms with E-state index >= 15 is 0 Å². The van der Waals surface area contributed by atoms with Crippen molar-refractivity contribution >= 4 is 23.5 Å². The highest BCUT2D eigenvalue weighted by Crippen LogP contribution is 2.55. The van der Waals surface area contributed by atoms with Crippen LogP contribution >= 0.6 is 0 Å². The quantitative estimate of drug-likeness (QED) is 0.0904. The van der Waals surface area contributed by atoms with E-state index in [1.54, 1.807) is 42.5 Å². The number of fused-ring (bicyclic) bond motifs is 3. The van der Waals surface area contributed by atoms with Crippen LogP contribution in [0.15, 0.2) is 54.6 Å². The zero-order chi connectivity index (χ0) is 39.0. The summed E-state index contributed by atoms with van der Waals surface area (Å²) in [5.74, 6) is -0.462. The minimum Gasteiger partial charge on any atom is -0.504 e. The van der Waals surface area contributed by atoms with Crippen LogP contribution in [0.1, 0.15) is 50.9 Å². The number of carbonyl (C=O) groups is 2. The molecule has 4 atom stereocenters. The van der Waals surface area contributed by atoms with Gasteiger partial charge in [-0.15, -0.1) is 0 Å². The fourth-order valence-electron chi connectivity index (χ4n) is 7.88. The Morgan fingerprint density at radius 3 is 2.05 bits per heavy atom. The molecule has 0 aromatic heterocycles. The lowest BCUT2D eigenvalue weighted by molar-refractivity contribution is -0.141. The van der Waals surface area contributed by atoms with Crippen molar-refractivity contribution in [1.82, 2.24) is 5.32 Å². The van der Waals surface area contributed by atoms with Crippen LogP contribution in [0.4, 0.5) is 0 Å². The van der Waals surface area contributed by atoms with Gasteiger partial charge < -0.3 is 58.5 Å². The van der Waals surface area contributed by atoms with Crippen LogP contribution in [0.5, 0.6) is 46.0 Å². The van der Waals surface area contributed by atoms with Gasteiger partial charge in [-0.2, -0.15) is 0 Å². The molecule has 1 amide bonds. The molecule has 0 bridgehead atoms. The van der Waals surface area contributed by atoms with E-state index in [1.807, 2.05) is 12.1 Å². The number of hydrogen-bond donors (Lipinski definition) is 4. The molecule has 4 aromatic carbocycles. The summed E-state index contributed by atoms with van der Waals surface area (Å²) < 4.78 is 45.0. The van der Waals surface area contributed by atoms with Gasteiger partial charge in [0.2, 0.25) is 6.79 Å². The number of esters is 1. The van der Waals surface area contributed by atoms with Crippen LogP contribution < -0.4 is 38.5 Å². The highest BCUT2D eigenvalue weighted by molar-refractivity contribution is 6.24. The zero-order valence-electron chi connectivity index (χ0n) is 30.8. The smallest absolute Gasteiger partial charge is 0.310 e. The van der Waals surface area contributed by atoms with Gasteiger partial charge in [0, 0.05) is 28.5 Å². The van der Waals surface area contributed by atoms with Gasteiger partial charge in [-0.25, -0.2) is 0 Å². The number of ether oxygens (including phenoxy) is 8. The lowest BCUT2D eigenvalue weighted by atomic mass is 9.65. The van der Waals surface area contributed by atoms with Crippen molar-refractivity contribution in [3.05, 3.63) is 93.5 Å². The maximum atomic E-state index is 14.9. The Balaban J connectivity index is 1.39. The Kier molecular flexibility index (Phi) is 10.4. The minimum atomic E-state index is -0.766. The molecule has 1 aliphatic carbocycles. The number of aromatic hydroxyl groups is 1. The molecule has 0 unspecified atom stereocenters. The van der Waals surface area contributed by atoms with E-state index in [-0.39, 0.29) is 42.8 Å². The fourth-order valence-corrected chi connectivity index (χ4v) is 7.88. The Morgan fingerprint density at radius 2 is 1.42 bits per heavy atom. The molecule has 1 saturated heterocycles. The normalized spacial score (nSPS) is 19.5. The van der Waals surface area contributed by atoms with E-state index in [4.69, 9.17) is 37.9 Å². The van der Waals surface area contributed by atoms with E-state index in [1.165, 1.54) is 41.6 Å². The lowest BCUT2D eigenvalue weighted by Gasteiger charge is -2.39. The number of cyclic esters (lactones) is 1. The van der Waals surface area contributed by atoms with Crippen molar-refractivity contribution in [2.45, 2.75) is 25.2 Å². The molecule has 7 rings (SSSR count). The first-order valence-corrected chi connectivity index (χ1v) is 17.4. The average Bonchev–Trinajstić information content (AvgIpc) is 3.84. The average molecular weight is 756 g/mol. The summed E-state index contributed by atoms with van der Waals surface area (Å²) in [6, 6.07) is 14.4. The Hall–Kier alpha value is -6.12. The van der Waals surface area contributed by atoms with Gasteiger partial charge in [0.15, 0.2) is 46.0 Å². The summed E-state index contributed by atoms with van der Waals surface area (Å²) in [5, 5.41) is 34.1. The van der Waals surface area contributed by atoms with E-state index < -0.39 is 42.3 Å². The molecule has 14 heteroatoms. The number of phenols is 1. The number of rotatable bonds is 12. The predicted molar refractivity (Wildman–Crippen MR) is 197 cm³/mol. The van der Waals surface area contributed by atoms with Crippen LogP contribution in [-0.2, 0) is 27.5 Å². The number of nitrogens with one attached hydrogen (secondary N) is 1. The molecular weight excluding hydrogens is 714 g/mol. The molecular formula is C41H41NO13. The second-order valence-corrected chi connectivity index (χ2v) is 13.2. The van der Waals surface area contributed by atoms with Gasteiger partial charge in [0.1, 0.15) is 0 Å². The summed E-state index contributed by atoms with van der Waals surface area (Å²) in [5.41, 5.74) is 3.97. The number of methoxy groups -OCH3 is 5. The number of phenolic OH excluding ortho intramolecular Hbond substituents is 1. The highest BCUT2D eigenvalue weighted by atomic mass is 16.7. The maximum Gasteiger partial charge on any atom is 0.310 e. The number of aliphatic hydroxyl groups excluding tert-OH is 2. The van der Waals surface area contributed by atoms with Crippen molar-refractivity contribution in [3.63, 3.8) is 0 Å². The van der Waals surface area contributed by atoms with Gasteiger partial charge in [0.05, 0.1) is 67.3 Å². The molecule has 55 heavy (non-hydrogen) atoms. The van der Waals surface area contributed by atoms with E-state index in [0.717, 1.165) is 0 Å². The van der Waals surface area contributed by atoms with Crippen molar-refractivity contribution in [3.8, 4) is 46.0 Å². The van der Waals surface area contributed by atoms with Crippen LogP contribution in [0.2, 0.25) is 0 Å². The van der Waals surface area contributed by atoms with Gasteiger partial charge in [-0.05, 0) is 82.4 Å². The molecule has 288 valence electrons. The van der Waals surface area contributed by atoms with Crippen molar-refractivity contribution in [2.24, 2.45) is 11.8 Å². The third-order valence-corrected chi connectivity index (χ3v) is 10.4. The first-order chi connectivity index (χ1) is 26.7. The molecule has 3 aliphatic rings. The van der Waals surface area contributed by atoms with Crippen molar-refractivity contribution in [1.29, 1.82) is 0 Å². The van der Waals surface area contributed by atoms with Crippen LogP contribution in [0, 0.1) is 11.8 Å². The SMILES string of the molecule is COc1cc(/C=C(/C(=O)N[C@@H]2c3cc4c(cc3[C@@H](c3cc(CO)c(OC)c(OC)c3)[C@H]3C(=O)OC[C@@H]32)OCO4)c2cc(CO)c(OC)c(OC)c2)ccc1O. The third kappa shape index (κ3) is 6.57. The predicted octanol–water partition coefficient (Wildman–Crippen LogP) is 4.48. The van der Waals surface area contributed by atoms with Crippen LogP contribution in [-0.4, -0.2) is 76.1 Å². The van der Waals surface area contributed by atoms with Gasteiger partial charge in [-0.1, -0.05) is 6.07 Å². The summed E-state index contributed by atoms with van der Waals surface area (Å²) in [4.78, 5) is 28.7. The van der Waals surface area contributed by atoms with E-state index in [9.17, 15) is 24.9 Å². The Morgan fingerprint density at radius 1 is 0.782 bits per heavy atom. The molecule has 2 aliphatic heterocycles. The number of benzene rings is 4. The molecule has 1 fully saturated rings. The van der Waals surface area contributed by atoms with Gasteiger partial charge >= 0.3 is 5.97 Å². The lowest BCUT2D eigenvalue weighted by Crippen LogP contribution is -2.43. The van der Waals surface area contributed by atoms with Crippen molar-refractivity contribution in [2.75, 3.05) is 48.9 Å². The van der Waals surface area contributed by atoms with Gasteiger partial charge in [-0.3, -0.25) is 9.59 Å². The highest BCUT2D eigenvalue weighted by Gasteiger charge is 2.53. The third-order valence-electron chi connectivity index (χ3n) is 10.4. The molecule has 0 radical (unpaired) electrons. The largest absolute Gasteiger partial charge is 0.504 e. The Labute approximate surface area is 316 Å². The minimum absolute atomic E-state index is 0.00465. The van der Waals surface area contributed by atoms with E-state index in [2.05, 4.69) is 5.32 Å². The molecule has 0 saturated carbocycles. The number of aliphatic hydroxyl groups is 2. The topological polar surface area (TPSA) is 181 Å².